The third kappa shape index (κ3) is 3.92. The van der Waals surface area contributed by atoms with Crippen LogP contribution in [0.3, 0.4) is 0 Å². The Morgan fingerprint density at radius 2 is 2.00 bits per heavy atom. The Hall–Kier alpha value is -2.52. The van der Waals surface area contributed by atoms with Crippen molar-refractivity contribution in [3.63, 3.8) is 0 Å². The Balaban J connectivity index is 1.63. The van der Waals surface area contributed by atoms with E-state index in [-0.39, 0.29) is 17.5 Å². The molecular formula is C22H29N5O3S. The number of nitrogens with zero attached hydrogens (tertiary/aromatic N) is 3. The maximum Gasteiger partial charge on any atom is 0.181 e. The number of rotatable bonds is 5. The van der Waals surface area contributed by atoms with Crippen LogP contribution in [-0.2, 0) is 11.0 Å². The summed E-state index contributed by atoms with van der Waals surface area (Å²) in [5.41, 5.74) is 6.91. The van der Waals surface area contributed by atoms with Gasteiger partial charge < -0.3 is 15.4 Å². The standard InChI is InChI=1S/C22H29N5O3S/c1-14(28)19-20(26-18(23)13-25-19)27-10-8-22(9-11-27)16(12-21(2,3)31(24)29)15-6-4-5-7-17(15)30-22/h4-7,13,16H,8-12,24H2,1-3H3,(H2,23,26)/t16-,31?/m1/s1. The van der Waals surface area contributed by atoms with Gasteiger partial charge in [-0.1, -0.05) is 18.2 Å². The number of anilines is 2. The Morgan fingerprint density at radius 1 is 1.32 bits per heavy atom. The molecule has 0 bridgehead atoms. The minimum atomic E-state index is -1.45. The van der Waals surface area contributed by atoms with E-state index in [0.29, 0.717) is 31.0 Å². The van der Waals surface area contributed by atoms with E-state index < -0.39 is 21.3 Å². The van der Waals surface area contributed by atoms with Crippen LogP contribution in [-0.4, -0.2) is 43.4 Å². The zero-order chi connectivity index (χ0) is 22.4. The van der Waals surface area contributed by atoms with Gasteiger partial charge in [-0.2, -0.15) is 0 Å². The lowest BCUT2D eigenvalue weighted by atomic mass is 9.73. The molecule has 3 heterocycles. The number of ether oxygens (including phenoxy) is 1. The number of piperidine rings is 1. The molecule has 2 atom stereocenters. The third-order valence-electron chi connectivity index (χ3n) is 6.50. The van der Waals surface area contributed by atoms with E-state index in [4.69, 9.17) is 15.6 Å². The van der Waals surface area contributed by atoms with Gasteiger partial charge in [0.2, 0.25) is 0 Å². The van der Waals surface area contributed by atoms with Crippen molar-refractivity contribution in [2.24, 2.45) is 5.14 Å². The highest BCUT2D eigenvalue weighted by Crippen LogP contribution is 2.53. The fourth-order valence-electron chi connectivity index (χ4n) is 4.71. The monoisotopic (exact) mass is 443 g/mol. The topological polar surface area (TPSA) is 124 Å². The van der Waals surface area contributed by atoms with Gasteiger partial charge in [0.05, 0.1) is 21.9 Å². The number of benzene rings is 1. The average molecular weight is 444 g/mol. The summed E-state index contributed by atoms with van der Waals surface area (Å²) >= 11 is 0. The Bertz CT molecular complexity index is 1030. The van der Waals surface area contributed by atoms with E-state index in [2.05, 4.69) is 20.9 Å². The number of carbonyl (C=O) groups excluding carboxylic acids is 1. The molecule has 2 aliphatic heterocycles. The Morgan fingerprint density at radius 3 is 2.65 bits per heavy atom. The van der Waals surface area contributed by atoms with Crippen LogP contribution >= 0.6 is 0 Å². The molecular weight excluding hydrogens is 414 g/mol. The lowest BCUT2D eigenvalue weighted by Gasteiger charge is -2.44. The summed E-state index contributed by atoms with van der Waals surface area (Å²) in [6.07, 6.45) is 3.53. The molecule has 1 spiro atoms. The van der Waals surface area contributed by atoms with Crippen LogP contribution in [0.25, 0.3) is 0 Å². The molecule has 166 valence electrons. The number of nitrogen functional groups attached to an aromatic ring is 1. The quantitative estimate of drug-likeness (QED) is 0.681. The summed E-state index contributed by atoms with van der Waals surface area (Å²) in [5.74, 6) is 1.63. The van der Waals surface area contributed by atoms with Gasteiger partial charge in [0.15, 0.2) is 11.6 Å². The van der Waals surface area contributed by atoms with Gasteiger partial charge in [-0.3, -0.25) is 9.93 Å². The predicted octanol–water partition coefficient (Wildman–Crippen LogP) is 2.57. The minimum absolute atomic E-state index is 0.0764. The van der Waals surface area contributed by atoms with Crippen molar-refractivity contribution in [3.8, 4) is 5.75 Å². The van der Waals surface area contributed by atoms with Gasteiger partial charge in [0.25, 0.3) is 0 Å². The first kappa shape index (κ1) is 21.7. The number of ketones is 1. The molecule has 1 aromatic heterocycles. The molecule has 4 rings (SSSR count). The summed E-state index contributed by atoms with van der Waals surface area (Å²) in [6, 6.07) is 8.07. The molecule has 0 aliphatic carbocycles. The average Bonchev–Trinajstić information content (AvgIpc) is 3.00. The van der Waals surface area contributed by atoms with Crippen LogP contribution in [0.5, 0.6) is 5.75 Å². The Kier molecular flexibility index (Phi) is 5.51. The SMILES string of the molecule is CC(=O)c1ncc(N)nc1N1CCC2(CC1)Oc1ccccc1[C@H]2CC(C)(C)S(N)=O. The van der Waals surface area contributed by atoms with Crippen LogP contribution in [0.2, 0.25) is 0 Å². The largest absolute Gasteiger partial charge is 0.486 e. The Labute approximate surface area is 185 Å². The normalized spacial score (nSPS) is 20.9. The third-order valence-corrected chi connectivity index (χ3v) is 7.75. The number of hydrogen-bond donors (Lipinski definition) is 2. The maximum absolute atomic E-state index is 12.2. The fraction of sp³-hybridized carbons (Fsp3) is 0.500. The van der Waals surface area contributed by atoms with Crippen LogP contribution in [0.15, 0.2) is 30.5 Å². The number of para-hydroxylation sites is 1. The smallest absolute Gasteiger partial charge is 0.181 e. The van der Waals surface area contributed by atoms with E-state index in [1.807, 2.05) is 32.0 Å². The molecule has 2 aliphatic rings. The van der Waals surface area contributed by atoms with Gasteiger partial charge in [-0.25, -0.2) is 14.2 Å². The van der Waals surface area contributed by atoms with E-state index in [1.165, 1.54) is 13.1 Å². The van der Waals surface area contributed by atoms with Crippen LogP contribution < -0.4 is 20.5 Å². The first-order valence-electron chi connectivity index (χ1n) is 10.5. The number of nitrogens with two attached hydrogens (primary N) is 2. The second-order valence-electron chi connectivity index (χ2n) is 9.03. The van der Waals surface area contributed by atoms with E-state index >= 15 is 0 Å². The van der Waals surface area contributed by atoms with Crippen molar-refractivity contribution in [1.82, 2.24) is 9.97 Å². The van der Waals surface area contributed by atoms with Gasteiger partial charge in [-0.05, 0) is 26.3 Å². The molecule has 0 amide bonds. The molecule has 1 aromatic carbocycles. The van der Waals surface area contributed by atoms with E-state index in [9.17, 15) is 9.00 Å². The summed E-state index contributed by atoms with van der Waals surface area (Å²) in [6.45, 7) is 6.66. The molecule has 31 heavy (non-hydrogen) atoms. The maximum atomic E-state index is 12.2. The highest BCUT2D eigenvalue weighted by molar-refractivity contribution is 7.84. The molecule has 1 fully saturated rings. The molecule has 4 N–H and O–H groups in total. The molecule has 0 saturated carbocycles. The van der Waals surface area contributed by atoms with Crippen molar-refractivity contribution in [1.29, 1.82) is 0 Å². The number of hydrogen-bond acceptors (Lipinski definition) is 7. The number of aromatic nitrogens is 2. The molecule has 2 aromatic rings. The van der Waals surface area contributed by atoms with E-state index in [0.717, 1.165) is 24.2 Å². The number of carbonyl (C=O) groups is 1. The van der Waals surface area contributed by atoms with Crippen molar-refractivity contribution in [3.05, 3.63) is 41.7 Å². The predicted molar refractivity (Wildman–Crippen MR) is 121 cm³/mol. The lowest BCUT2D eigenvalue weighted by molar-refractivity contribution is 0.0365. The van der Waals surface area contributed by atoms with Gasteiger partial charge in [0.1, 0.15) is 22.9 Å². The highest BCUT2D eigenvalue weighted by atomic mass is 32.2. The second-order valence-corrected chi connectivity index (χ2v) is 10.7. The number of fused-ring (bicyclic) bond motifs is 1. The van der Waals surface area contributed by atoms with Crippen molar-refractivity contribution < 1.29 is 13.7 Å². The molecule has 1 unspecified atom stereocenters. The fourth-order valence-corrected chi connectivity index (χ4v) is 5.04. The minimum Gasteiger partial charge on any atom is -0.486 e. The molecule has 9 heteroatoms. The molecule has 0 radical (unpaired) electrons. The van der Waals surface area contributed by atoms with Gasteiger partial charge >= 0.3 is 0 Å². The lowest BCUT2D eigenvalue weighted by Crippen LogP contribution is -2.51. The summed E-state index contributed by atoms with van der Waals surface area (Å²) in [7, 11) is -1.45. The summed E-state index contributed by atoms with van der Waals surface area (Å²) in [4.78, 5) is 22.7. The van der Waals surface area contributed by atoms with Crippen LogP contribution in [0.4, 0.5) is 11.6 Å². The van der Waals surface area contributed by atoms with Crippen LogP contribution in [0, 0.1) is 0 Å². The van der Waals surface area contributed by atoms with Crippen molar-refractivity contribution >= 4 is 28.4 Å². The number of Topliss-reactive ketones (excluding diaryl/α,β-unsaturated/α-hetero) is 1. The summed E-state index contributed by atoms with van der Waals surface area (Å²) in [5, 5.41) is 5.81. The van der Waals surface area contributed by atoms with Gasteiger partial charge in [0, 0.05) is 44.3 Å². The molecule has 8 nitrogen and oxygen atoms in total. The first-order valence-corrected chi connectivity index (χ1v) is 11.7. The van der Waals surface area contributed by atoms with Gasteiger partial charge in [-0.15, -0.1) is 0 Å². The second kappa shape index (κ2) is 7.87. The summed E-state index contributed by atoms with van der Waals surface area (Å²) < 4.78 is 18.2. The first-order chi connectivity index (χ1) is 14.6. The van der Waals surface area contributed by atoms with Crippen molar-refractivity contribution in [2.75, 3.05) is 23.7 Å². The zero-order valence-electron chi connectivity index (χ0n) is 18.1. The molecule has 1 saturated heterocycles. The van der Waals surface area contributed by atoms with Crippen molar-refractivity contribution in [2.45, 2.75) is 56.3 Å². The van der Waals surface area contributed by atoms with Crippen LogP contribution in [0.1, 0.15) is 62.0 Å². The highest BCUT2D eigenvalue weighted by Gasteiger charge is 2.52. The zero-order valence-corrected chi connectivity index (χ0v) is 18.9. The van der Waals surface area contributed by atoms with E-state index in [1.54, 1.807) is 0 Å².